The topological polar surface area (TPSA) is 70.9 Å². The van der Waals surface area contributed by atoms with E-state index < -0.39 is 6.03 Å². The summed E-state index contributed by atoms with van der Waals surface area (Å²) in [5.74, 6) is 0. The van der Waals surface area contributed by atoms with Crippen molar-refractivity contribution in [2.45, 2.75) is 6.92 Å². The van der Waals surface area contributed by atoms with Crippen LogP contribution >= 0.6 is 0 Å². The minimum absolute atomic E-state index is 0.572. The van der Waals surface area contributed by atoms with Gasteiger partial charge in [-0.25, -0.2) is 4.79 Å². The number of hydrogen-bond donors (Lipinski definition) is 3. The third kappa shape index (κ3) is 2.93. The lowest BCUT2D eigenvalue weighted by Crippen LogP contribution is -2.19. The van der Waals surface area contributed by atoms with Gasteiger partial charge in [0.1, 0.15) is 0 Å². The Morgan fingerprint density at radius 2 is 1.65 bits per heavy atom. The van der Waals surface area contributed by atoms with E-state index in [4.69, 9.17) is 5.73 Å². The minimum Gasteiger partial charge on any atom is -0.355 e. The molecule has 1 heterocycles. The van der Waals surface area contributed by atoms with E-state index in [-0.39, 0.29) is 0 Å². The standard InChI is InChI=1S/C22H19N3O/c1-14-10-11-16(17-7-3-5-9-20(17)25-22(23)26)18(12-14)21-13-15-6-2-4-8-19(15)24-21/h2-13,24H,1H3,(H3,23,25,26). The molecule has 0 spiro atoms. The molecule has 4 aromatic rings. The zero-order valence-corrected chi connectivity index (χ0v) is 14.4. The number of urea groups is 1. The summed E-state index contributed by atoms with van der Waals surface area (Å²) in [4.78, 5) is 14.9. The first-order valence-corrected chi connectivity index (χ1v) is 8.46. The molecule has 0 aliphatic rings. The number of para-hydroxylation sites is 2. The Morgan fingerprint density at radius 3 is 2.46 bits per heavy atom. The van der Waals surface area contributed by atoms with Crippen molar-refractivity contribution < 1.29 is 4.79 Å². The van der Waals surface area contributed by atoms with Gasteiger partial charge in [0.2, 0.25) is 0 Å². The van der Waals surface area contributed by atoms with Crippen molar-refractivity contribution in [2.75, 3.05) is 5.32 Å². The quantitative estimate of drug-likeness (QED) is 0.465. The van der Waals surface area contributed by atoms with Gasteiger partial charge in [-0.15, -0.1) is 0 Å². The van der Waals surface area contributed by atoms with E-state index in [1.54, 1.807) is 0 Å². The molecule has 0 fully saturated rings. The van der Waals surface area contributed by atoms with E-state index in [1.807, 2.05) is 36.4 Å². The summed E-state index contributed by atoms with van der Waals surface area (Å²) in [7, 11) is 0. The fraction of sp³-hybridized carbons (Fsp3) is 0.0455. The molecule has 0 unspecified atom stereocenters. The highest BCUT2D eigenvalue weighted by Gasteiger charge is 2.14. The summed E-state index contributed by atoms with van der Waals surface area (Å²) >= 11 is 0. The van der Waals surface area contributed by atoms with Gasteiger partial charge in [0.05, 0.1) is 5.69 Å². The highest BCUT2D eigenvalue weighted by molar-refractivity contribution is 5.97. The monoisotopic (exact) mass is 341 g/mol. The first-order chi connectivity index (χ1) is 12.6. The second-order valence-electron chi connectivity index (χ2n) is 6.35. The van der Waals surface area contributed by atoms with Gasteiger partial charge >= 0.3 is 6.03 Å². The van der Waals surface area contributed by atoms with Gasteiger partial charge in [0.25, 0.3) is 0 Å². The number of aryl methyl sites for hydroxylation is 1. The van der Waals surface area contributed by atoms with E-state index in [1.165, 1.54) is 10.9 Å². The number of amides is 2. The van der Waals surface area contributed by atoms with Crippen LogP contribution in [-0.2, 0) is 0 Å². The van der Waals surface area contributed by atoms with Crippen molar-refractivity contribution in [3.8, 4) is 22.4 Å². The largest absolute Gasteiger partial charge is 0.355 e. The smallest absolute Gasteiger partial charge is 0.316 e. The summed E-state index contributed by atoms with van der Waals surface area (Å²) in [6.07, 6.45) is 0. The van der Waals surface area contributed by atoms with Crippen LogP contribution in [0, 0.1) is 6.92 Å². The number of nitrogens with two attached hydrogens (primary N) is 1. The summed E-state index contributed by atoms with van der Waals surface area (Å²) in [6, 6.07) is 23.8. The molecular formula is C22H19N3O. The van der Waals surface area contributed by atoms with Gasteiger partial charge in [-0.3, -0.25) is 0 Å². The van der Waals surface area contributed by atoms with Crippen LogP contribution in [0.1, 0.15) is 5.56 Å². The molecule has 4 heteroatoms. The Kier molecular flexibility index (Phi) is 3.93. The third-order valence-corrected chi connectivity index (χ3v) is 4.47. The summed E-state index contributed by atoms with van der Waals surface area (Å²) in [5, 5.41) is 3.89. The number of aromatic amines is 1. The predicted molar refractivity (Wildman–Crippen MR) is 107 cm³/mol. The molecule has 4 N–H and O–H groups in total. The van der Waals surface area contributed by atoms with Gasteiger partial charge in [0, 0.05) is 27.7 Å². The number of hydrogen-bond acceptors (Lipinski definition) is 1. The van der Waals surface area contributed by atoms with Crippen molar-refractivity contribution in [1.29, 1.82) is 0 Å². The van der Waals surface area contributed by atoms with Crippen molar-refractivity contribution in [3.05, 3.63) is 78.4 Å². The lowest BCUT2D eigenvalue weighted by atomic mass is 9.94. The van der Waals surface area contributed by atoms with E-state index >= 15 is 0 Å². The first kappa shape index (κ1) is 16.0. The zero-order valence-electron chi connectivity index (χ0n) is 14.4. The Hall–Kier alpha value is -3.53. The molecule has 1 aromatic heterocycles. The fourth-order valence-corrected chi connectivity index (χ4v) is 3.29. The first-order valence-electron chi connectivity index (χ1n) is 8.46. The summed E-state index contributed by atoms with van der Waals surface area (Å²) in [5.41, 5.74) is 12.4. The molecule has 0 aliphatic carbocycles. The molecule has 0 radical (unpaired) electrons. The molecule has 0 saturated carbocycles. The molecule has 26 heavy (non-hydrogen) atoms. The number of nitrogens with one attached hydrogen (secondary N) is 2. The Balaban J connectivity index is 1.93. The van der Waals surface area contributed by atoms with Crippen LogP contribution in [0.3, 0.4) is 0 Å². The number of H-pyrrole nitrogens is 1. The SMILES string of the molecule is Cc1ccc(-c2ccccc2NC(N)=O)c(-c2cc3ccccc3[nH]2)c1. The number of rotatable bonds is 3. The highest BCUT2D eigenvalue weighted by atomic mass is 16.2. The number of primary amides is 1. The van der Waals surface area contributed by atoms with Gasteiger partial charge < -0.3 is 16.0 Å². The highest BCUT2D eigenvalue weighted by Crippen LogP contribution is 2.37. The molecule has 0 saturated heterocycles. The van der Waals surface area contributed by atoms with Crippen LogP contribution in [0.2, 0.25) is 0 Å². The molecule has 4 nitrogen and oxygen atoms in total. The number of aromatic nitrogens is 1. The molecule has 0 atom stereocenters. The number of benzene rings is 3. The van der Waals surface area contributed by atoms with Crippen LogP contribution in [0.25, 0.3) is 33.3 Å². The van der Waals surface area contributed by atoms with Crippen LogP contribution in [0.15, 0.2) is 72.8 Å². The Labute approximate surface area is 151 Å². The second-order valence-corrected chi connectivity index (χ2v) is 6.35. The average Bonchev–Trinajstić information content (AvgIpc) is 3.06. The molecule has 2 amide bonds. The van der Waals surface area contributed by atoms with Crippen molar-refractivity contribution >= 4 is 22.6 Å². The number of anilines is 1. The maximum atomic E-state index is 11.4. The van der Waals surface area contributed by atoms with Crippen LogP contribution in [-0.4, -0.2) is 11.0 Å². The molecule has 0 aliphatic heterocycles. The molecule has 128 valence electrons. The fourth-order valence-electron chi connectivity index (χ4n) is 3.29. The van der Waals surface area contributed by atoms with Crippen LogP contribution in [0.5, 0.6) is 0 Å². The maximum Gasteiger partial charge on any atom is 0.316 e. The lowest BCUT2D eigenvalue weighted by Gasteiger charge is -2.14. The van der Waals surface area contributed by atoms with Crippen LogP contribution in [0.4, 0.5) is 10.5 Å². The zero-order chi connectivity index (χ0) is 18.1. The second kappa shape index (κ2) is 6.41. The Bertz CT molecular complexity index is 1080. The van der Waals surface area contributed by atoms with E-state index in [2.05, 4.69) is 53.6 Å². The molecule has 3 aromatic carbocycles. The minimum atomic E-state index is -0.572. The third-order valence-electron chi connectivity index (χ3n) is 4.47. The summed E-state index contributed by atoms with van der Waals surface area (Å²) < 4.78 is 0. The van der Waals surface area contributed by atoms with Crippen molar-refractivity contribution in [1.82, 2.24) is 4.98 Å². The molecule has 4 rings (SSSR count). The number of carbonyl (C=O) groups is 1. The molecular weight excluding hydrogens is 322 g/mol. The van der Waals surface area contributed by atoms with E-state index in [0.29, 0.717) is 5.69 Å². The van der Waals surface area contributed by atoms with Crippen molar-refractivity contribution in [2.24, 2.45) is 5.73 Å². The maximum absolute atomic E-state index is 11.4. The normalized spacial score (nSPS) is 10.8. The van der Waals surface area contributed by atoms with Crippen molar-refractivity contribution in [3.63, 3.8) is 0 Å². The number of carbonyl (C=O) groups excluding carboxylic acids is 1. The van der Waals surface area contributed by atoms with E-state index in [0.717, 1.165) is 27.9 Å². The van der Waals surface area contributed by atoms with Gasteiger partial charge in [-0.1, -0.05) is 54.1 Å². The average molecular weight is 341 g/mol. The van der Waals surface area contributed by atoms with E-state index in [9.17, 15) is 4.79 Å². The van der Waals surface area contributed by atoms with Gasteiger partial charge in [-0.05, 0) is 36.8 Å². The van der Waals surface area contributed by atoms with Crippen LogP contribution < -0.4 is 11.1 Å². The lowest BCUT2D eigenvalue weighted by molar-refractivity contribution is 0.259. The number of fused-ring (bicyclic) bond motifs is 1. The van der Waals surface area contributed by atoms with Gasteiger partial charge in [-0.2, -0.15) is 0 Å². The Morgan fingerprint density at radius 1 is 0.885 bits per heavy atom. The van der Waals surface area contributed by atoms with Gasteiger partial charge in [0.15, 0.2) is 0 Å². The molecule has 0 bridgehead atoms. The predicted octanol–water partition coefficient (Wildman–Crippen LogP) is 5.30. The summed E-state index contributed by atoms with van der Waals surface area (Å²) in [6.45, 7) is 2.07.